The Morgan fingerprint density at radius 3 is 2.38 bits per heavy atom. The molecular formula is C21H15FN2O4S. The lowest BCUT2D eigenvalue weighted by atomic mass is 10.1. The van der Waals surface area contributed by atoms with Crippen LogP contribution in [0.2, 0.25) is 0 Å². The summed E-state index contributed by atoms with van der Waals surface area (Å²) in [6, 6.07) is 18.8. The number of nitriles is 1. The molecule has 0 saturated heterocycles. The molecule has 0 aliphatic heterocycles. The molecule has 3 aromatic rings. The van der Waals surface area contributed by atoms with Gasteiger partial charge in [0.25, 0.3) is 10.0 Å². The number of sulfonamides is 1. The third-order valence-electron chi connectivity index (χ3n) is 3.93. The van der Waals surface area contributed by atoms with Crippen molar-refractivity contribution in [1.82, 2.24) is 0 Å². The van der Waals surface area contributed by atoms with Crippen LogP contribution in [0, 0.1) is 17.1 Å². The number of halogens is 1. The van der Waals surface area contributed by atoms with Crippen LogP contribution in [-0.4, -0.2) is 14.4 Å². The Bertz CT molecular complexity index is 1170. The van der Waals surface area contributed by atoms with Gasteiger partial charge in [0.05, 0.1) is 22.1 Å². The molecule has 1 N–H and O–H groups in total. The minimum atomic E-state index is -3.97. The smallest absolute Gasteiger partial charge is 0.338 e. The van der Waals surface area contributed by atoms with Crippen LogP contribution in [0.3, 0.4) is 0 Å². The quantitative estimate of drug-likeness (QED) is 0.623. The van der Waals surface area contributed by atoms with E-state index in [4.69, 9.17) is 10.00 Å². The monoisotopic (exact) mass is 410 g/mol. The molecule has 0 amide bonds. The fourth-order valence-corrected chi connectivity index (χ4v) is 3.53. The Labute approximate surface area is 167 Å². The standard InChI is InChI=1S/C21H15FN2O4S/c22-18-8-10-19(11-9-18)24-29(26,27)20-3-1-2-17(12-20)21(25)28-14-16-6-4-15(13-23)5-7-16/h1-12,24H,14H2. The van der Waals surface area contributed by atoms with Crippen molar-refractivity contribution >= 4 is 21.7 Å². The third kappa shape index (κ3) is 5.18. The van der Waals surface area contributed by atoms with Crippen LogP contribution in [0.1, 0.15) is 21.5 Å². The molecule has 29 heavy (non-hydrogen) atoms. The summed E-state index contributed by atoms with van der Waals surface area (Å²) in [6.07, 6.45) is 0. The Morgan fingerprint density at radius 2 is 1.72 bits per heavy atom. The first-order valence-electron chi connectivity index (χ1n) is 8.42. The van der Waals surface area contributed by atoms with Crippen molar-refractivity contribution in [2.45, 2.75) is 11.5 Å². The molecule has 0 heterocycles. The highest BCUT2D eigenvalue weighted by Gasteiger charge is 2.17. The normalized spacial score (nSPS) is 10.8. The highest BCUT2D eigenvalue weighted by Crippen LogP contribution is 2.18. The molecule has 3 aromatic carbocycles. The first-order valence-corrected chi connectivity index (χ1v) is 9.90. The van der Waals surface area contributed by atoms with E-state index in [1.165, 1.54) is 36.4 Å². The van der Waals surface area contributed by atoms with E-state index in [2.05, 4.69) is 4.72 Å². The van der Waals surface area contributed by atoms with Crippen molar-refractivity contribution in [2.75, 3.05) is 4.72 Å². The minimum absolute atomic E-state index is 0.0185. The molecule has 0 atom stereocenters. The molecule has 0 unspecified atom stereocenters. The summed E-state index contributed by atoms with van der Waals surface area (Å²) in [5, 5.41) is 8.79. The molecular weight excluding hydrogens is 395 g/mol. The zero-order valence-corrected chi connectivity index (χ0v) is 15.8. The van der Waals surface area contributed by atoms with Crippen LogP contribution < -0.4 is 4.72 Å². The van der Waals surface area contributed by atoms with Gasteiger partial charge in [-0.1, -0.05) is 18.2 Å². The second-order valence-corrected chi connectivity index (χ2v) is 7.71. The predicted octanol–water partition coefficient (Wildman–Crippen LogP) is 3.86. The van der Waals surface area contributed by atoms with Gasteiger partial charge in [-0.3, -0.25) is 4.72 Å². The van der Waals surface area contributed by atoms with E-state index >= 15 is 0 Å². The van der Waals surface area contributed by atoms with Crippen LogP contribution in [-0.2, 0) is 21.4 Å². The van der Waals surface area contributed by atoms with E-state index in [0.29, 0.717) is 11.1 Å². The van der Waals surface area contributed by atoms with Crippen molar-refractivity contribution in [3.8, 4) is 6.07 Å². The molecule has 8 heteroatoms. The maximum Gasteiger partial charge on any atom is 0.338 e. The summed E-state index contributed by atoms with van der Waals surface area (Å²) in [7, 11) is -3.97. The Hall–Kier alpha value is -3.70. The zero-order valence-electron chi connectivity index (χ0n) is 15.0. The summed E-state index contributed by atoms with van der Waals surface area (Å²) in [5.41, 5.74) is 1.45. The van der Waals surface area contributed by atoms with Crippen molar-refractivity contribution in [3.05, 3.63) is 95.3 Å². The van der Waals surface area contributed by atoms with Gasteiger partial charge in [0.2, 0.25) is 0 Å². The van der Waals surface area contributed by atoms with Gasteiger partial charge in [0, 0.05) is 5.69 Å². The second-order valence-electron chi connectivity index (χ2n) is 6.03. The summed E-state index contributed by atoms with van der Waals surface area (Å²) in [5.74, 6) is -1.17. The van der Waals surface area contributed by atoms with Gasteiger partial charge >= 0.3 is 5.97 Å². The van der Waals surface area contributed by atoms with E-state index in [1.807, 2.05) is 6.07 Å². The van der Waals surface area contributed by atoms with Crippen LogP contribution in [0.25, 0.3) is 0 Å². The van der Waals surface area contributed by atoms with Crippen molar-refractivity contribution in [3.63, 3.8) is 0 Å². The number of carbonyl (C=O) groups is 1. The number of ether oxygens (including phenoxy) is 1. The SMILES string of the molecule is N#Cc1ccc(COC(=O)c2cccc(S(=O)(=O)Nc3ccc(F)cc3)c2)cc1. The van der Waals surface area contributed by atoms with Crippen LogP contribution in [0.5, 0.6) is 0 Å². The van der Waals surface area contributed by atoms with Crippen LogP contribution >= 0.6 is 0 Å². The summed E-state index contributed by atoms with van der Waals surface area (Å²) >= 11 is 0. The largest absolute Gasteiger partial charge is 0.457 e. The molecule has 0 aromatic heterocycles. The van der Waals surface area contributed by atoms with E-state index in [9.17, 15) is 17.6 Å². The number of nitrogens with zero attached hydrogens (tertiary/aromatic N) is 1. The molecule has 0 aliphatic carbocycles. The number of carbonyl (C=O) groups excluding carboxylic acids is 1. The third-order valence-corrected chi connectivity index (χ3v) is 5.31. The van der Waals surface area contributed by atoms with E-state index in [1.54, 1.807) is 24.3 Å². The molecule has 3 rings (SSSR count). The van der Waals surface area contributed by atoms with Crippen molar-refractivity contribution < 1.29 is 22.3 Å². The number of esters is 1. The highest BCUT2D eigenvalue weighted by atomic mass is 32.2. The molecule has 0 bridgehead atoms. The van der Waals surface area contributed by atoms with E-state index < -0.39 is 21.8 Å². The maximum absolute atomic E-state index is 13.0. The first kappa shape index (κ1) is 20.0. The first-order chi connectivity index (χ1) is 13.9. The van der Waals surface area contributed by atoms with Crippen LogP contribution in [0.4, 0.5) is 10.1 Å². The molecule has 0 saturated carbocycles. The number of nitrogens with one attached hydrogen (secondary N) is 1. The van der Waals surface area contributed by atoms with Gasteiger partial charge < -0.3 is 4.74 Å². The van der Waals surface area contributed by atoms with Gasteiger partial charge in [0.15, 0.2) is 0 Å². The number of hydrogen-bond donors (Lipinski definition) is 1. The number of hydrogen-bond acceptors (Lipinski definition) is 5. The summed E-state index contributed by atoms with van der Waals surface area (Å²) in [4.78, 5) is 12.2. The topological polar surface area (TPSA) is 96.3 Å². The Morgan fingerprint density at radius 1 is 1.03 bits per heavy atom. The van der Waals surface area contributed by atoms with Gasteiger partial charge in [-0.2, -0.15) is 5.26 Å². The van der Waals surface area contributed by atoms with Gasteiger partial charge in [0.1, 0.15) is 12.4 Å². The second kappa shape index (κ2) is 8.54. The molecule has 6 nitrogen and oxygen atoms in total. The lowest BCUT2D eigenvalue weighted by Crippen LogP contribution is -2.14. The average molecular weight is 410 g/mol. The average Bonchev–Trinajstić information content (AvgIpc) is 2.74. The summed E-state index contributed by atoms with van der Waals surface area (Å²) in [6.45, 7) is -0.0185. The summed E-state index contributed by atoms with van der Waals surface area (Å²) < 4.78 is 45.5. The van der Waals surface area contributed by atoms with Gasteiger partial charge in [-0.15, -0.1) is 0 Å². The van der Waals surface area contributed by atoms with E-state index in [0.717, 1.165) is 12.1 Å². The van der Waals surface area contributed by atoms with Crippen molar-refractivity contribution in [2.24, 2.45) is 0 Å². The number of benzene rings is 3. The minimum Gasteiger partial charge on any atom is -0.457 e. The van der Waals surface area contributed by atoms with Crippen LogP contribution in [0.15, 0.2) is 77.7 Å². The lowest BCUT2D eigenvalue weighted by Gasteiger charge is -2.10. The molecule has 146 valence electrons. The van der Waals surface area contributed by atoms with E-state index in [-0.39, 0.29) is 22.8 Å². The van der Waals surface area contributed by atoms with Gasteiger partial charge in [-0.25, -0.2) is 17.6 Å². The molecule has 0 aliphatic rings. The molecule has 0 fully saturated rings. The number of anilines is 1. The van der Waals surface area contributed by atoms with Crippen molar-refractivity contribution in [1.29, 1.82) is 5.26 Å². The predicted molar refractivity (Wildman–Crippen MR) is 104 cm³/mol. The molecule has 0 spiro atoms. The Kier molecular flexibility index (Phi) is 5.90. The zero-order chi connectivity index (χ0) is 20.9. The highest BCUT2D eigenvalue weighted by molar-refractivity contribution is 7.92. The lowest BCUT2D eigenvalue weighted by molar-refractivity contribution is 0.0472. The van der Waals surface area contributed by atoms with Gasteiger partial charge in [-0.05, 0) is 60.2 Å². The maximum atomic E-state index is 13.0. The fourth-order valence-electron chi connectivity index (χ4n) is 2.43. The molecule has 0 radical (unpaired) electrons. The fraction of sp³-hybridized carbons (Fsp3) is 0.0476. The Balaban J connectivity index is 1.71. The number of rotatable bonds is 6.